The van der Waals surface area contributed by atoms with Gasteiger partial charge in [-0.1, -0.05) is 0 Å². The zero-order valence-electron chi connectivity index (χ0n) is 9.73. The third-order valence-electron chi connectivity index (χ3n) is 3.17. The van der Waals surface area contributed by atoms with Gasteiger partial charge < -0.3 is 10.2 Å². The van der Waals surface area contributed by atoms with E-state index in [0.717, 1.165) is 28.0 Å². The first-order valence-electron chi connectivity index (χ1n) is 5.77. The lowest BCUT2D eigenvalue weighted by molar-refractivity contribution is 0.415. The summed E-state index contributed by atoms with van der Waals surface area (Å²) in [5.74, 6) is 6.95. The molecule has 0 bridgehead atoms. The molecule has 1 aromatic carbocycles. The SMILES string of the molecule is COc1ccc2cc(NN)c(C3CC3)nc2c1. The molecule has 0 unspecified atom stereocenters. The third-order valence-corrected chi connectivity index (χ3v) is 3.17. The lowest BCUT2D eigenvalue weighted by atomic mass is 10.1. The van der Waals surface area contributed by atoms with Gasteiger partial charge in [0.1, 0.15) is 5.75 Å². The number of nitrogens with zero attached hydrogens (tertiary/aromatic N) is 1. The molecule has 1 fully saturated rings. The van der Waals surface area contributed by atoms with Crippen LogP contribution in [0.5, 0.6) is 5.75 Å². The number of hydrogen-bond acceptors (Lipinski definition) is 4. The molecule has 1 aliphatic carbocycles. The van der Waals surface area contributed by atoms with E-state index in [1.165, 1.54) is 12.8 Å². The van der Waals surface area contributed by atoms with Crippen molar-refractivity contribution in [2.45, 2.75) is 18.8 Å². The molecule has 1 saturated carbocycles. The summed E-state index contributed by atoms with van der Waals surface area (Å²) < 4.78 is 5.21. The zero-order chi connectivity index (χ0) is 11.8. The Hall–Kier alpha value is -1.81. The van der Waals surface area contributed by atoms with Gasteiger partial charge in [-0.25, -0.2) is 0 Å². The highest BCUT2D eigenvalue weighted by Gasteiger charge is 2.27. The number of fused-ring (bicyclic) bond motifs is 1. The average molecular weight is 229 g/mol. The van der Waals surface area contributed by atoms with Gasteiger partial charge in [-0.15, -0.1) is 0 Å². The van der Waals surface area contributed by atoms with Gasteiger partial charge in [0.25, 0.3) is 0 Å². The smallest absolute Gasteiger partial charge is 0.121 e. The van der Waals surface area contributed by atoms with Gasteiger partial charge in [0, 0.05) is 17.4 Å². The van der Waals surface area contributed by atoms with Gasteiger partial charge in [0.2, 0.25) is 0 Å². The molecule has 2 aromatic rings. The number of aromatic nitrogens is 1. The summed E-state index contributed by atoms with van der Waals surface area (Å²) >= 11 is 0. The number of nitrogens with two attached hydrogens (primary N) is 1. The Morgan fingerprint density at radius 1 is 1.35 bits per heavy atom. The molecule has 3 rings (SSSR count). The van der Waals surface area contributed by atoms with E-state index in [4.69, 9.17) is 15.6 Å². The molecule has 0 atom stereocenters. The molecule has 0 spiro atoms. The maximum atomic E-state index is 5.55. The quantitative estimate of drug-likeness (QED) is 0.626. The molecule has 1 aromatic heterocycles. The lowest BCUT2D eigenvalue weighted by Gasteiger charge is -2.10. The van der Waals surface area contributed by atoms with Gasteiger partial charge in [-0.2, -0.15) is 0 Å². The number of anilines is 1. The summed E-state index contributed by atoms with van der Waals surface area (Å²) in [6.07, 6.45) is 2.41. The van der Waals surface area contributed by atoms with Crippen LogP contribution in [0.4, 0.5) is 5.69 Å². The molecule has 0 aliphatic heterocycles. The van der Waals surface area contributed by atoms with Crippen molar-refractivity contribution >= 4 is 16.6 Å². The summed E-state index contributed by atoms with van der Waals surface area (Å²) in [5.41, 5.74) is 5.72. The Balaban J connectivity index is 2.18. The number of methoxy groups -OCH3 is 1. The van der Waals surface area contributed by atoms with Crippen molar-refractivity contribution in [1.82, 2.24) is 4.98 Å². The molecule has 0 amide bonds. The highest BCUT2D eigenvalue weighted by atomic mass is 16.5. The molecule has 0 radical (unpaired) electrons. The second kappa shape index (κ2) is 3.89. The second-order valence-electron chi connectivity index (χ2n) is 4.40. The molecule has 1 heterocycles. The number of hydrazine groups is 1. The minimum Gasteiger partial charge on any atom is -0.497 e. The van der Waals surface area contributed by atoms with Crippen LogP contribution in [0.2, 0.25) is 0 Å². The van der Waals surface area contributed by atoms with Crippen molar-refractivity contribution in [1.29, 1.82) is 0 Å². The van der Waals surface area contributed by atoms with Crippen LogP contribution in [-0.2, 0) is 0 Å². The summed E-state index contributed by atoms with van der Waals surface area (Å²) in [6.45, 7) is 0. The van der Waals surface area contributed by atoms with Crippen molar-refractivity contribution in [2.24, 2.45) is 5.84 Å². The average Bonchev–Trinajstić information content (AvgIpc) is 3.20. The fourth-order valence-corrected chi connectivity index (χ4v) is 2.07. The Morgan fingerprint density at radius 3 is 2.82 bits per heavy atom. The standard InChI is InChI=1S/C13H15N3O/c1-17-10-5-4-9-6-12(16-14)13(8-2-3-8)15-11(9)7-10/h4-8,16H,2-3,14H2,1H3. The van der Waals surface area contributed by atoms with E-state index in [0.29, 0.717) is 5.92 Å². The van der Waals surface area contributed by atoms with Gasteiger partial charge in [-0.05, 0) is 31.0 Å². The molecule has 17 heavy (non-hydrogen) atoms. The fourth-order valence-electron chi connectivity index (χ4n) is 2.07. The highest BCUT2D eigenvalue weighted by molar-refractivity contribution is 5.84. The zero-order valence-corrected chi connectivity index (χ0v) is 9.73. The first kappa shape index (κ1) is 10.4. The topological polar surface area (TPSA) is 60.2 Å². The van der Waals surface area contributed by atoms with Crippen molar-refractivity contribution in [3.63, 3.8) is 0 Å². The summed E-state index contributed by atoms with van der Waals surface area (Å²) in [5, 5.41) is 1.07. The van der Waals surface area contributed by atoms with Gasteiger partial charge in [0.15, 0.2) is 0 Å². The van der Waals surface area contributed by atoms with Crippen molar-refractivity contribution in [3.8, 4) is 5.75 Å². The van der Waals surface area contributed by atoms with E-state index in [9.17, 15) is 0 Å². The molecule has 1 aliphatic rings. The van der Waals surface area contributed by atoms with Crippen molar-refractivity contribution in [2.75, 3.05) is 12.5 Å². The first-order valence-corrected chi connectivity index (χ1v) is 5.77. The van der Waals surface area contributed by atoms with Crippen LogP contribution in [-0.4, -0.2) is 12.1 Å². The molecular formula is C13H15N3O. The van der Waals surface area contributed by atoms with Gasteiger partial charge in [-0.3, -0.25) is 10.8 Å². The van der Waals surface area contributed by atoms with Crippen molar-refractivity contribution in [3.05, 3.63) is 30.0 Å². The number of nitrogens with one attached hydrogen (secondary N) is 1. The summed E-state index contributed by atoms with van der Waals surface area (Å²) in [6, 6.07) is 7.94. The van der Waals surface area contributed by atoms with Crippen LogP contribution in [0, 0.1) is 0 Å². The number of ether oxygens (including phenoxy) is 1. The minimum atomic E-state index is 0.566. The maximum Gasteiger partial charge on any atom is 0.121 e. The van der Waals surface area contributed by atoms with Crippen molar-refractivity contribution < 1.29 is 4.74 Å². The summed E-state index contributed by atoms with van der Waals surface area (Å²) in [7, 11) is 1.67. The molecule has 0 saturated heterocycles. The number of pyridine rings is 1. The Kier molecular flexibility index (Phi) is 2.37. The monoisotopic (exact) mass is 229 g/mol. The van der Waals surface area contributed by atoms with E-state index < -0.39 is 0 Å². The minimum absolute atomic E-state index is 0.566. The highest BCUT2D eigenvalue weighted by Crippen LogP contribution is 2.43. The first-order chi connectivity index (χ1) is 8.31. The van der Waals surface area contributed by atoms with Gasteiger partial charge >= 0.3 is 0 Å². The third kappa shape index (κ3) is 1.80. The molecule has 4 nitrogen and oxygen atoms in total. The lowest BCUT2D eigenvalue weighted by Crippen LogP contribution is -2.10. The second-order valence-corrected chi connectivity index (χ2v) is 4.40. The van der Waals surface area contributed by atoms with Gasteiger partial charge in [0.05, 0.1) is 24.0 Å². The largest absolute Gasteiger partial charge is 0.497 e. The molecular weight excluding hydrogens is 214 g/mol. The van der Waals surface area contributed by atoms with Crippen LogP contribution in [0.15, 0.2) is 24.3 Å². The number of nitrogen functional groups attached to an aromatic ring is 1. The molecule has 3 N–H and O–H groups in total. The summed E-state index contributed by atoms with van der Waals surface area (Å²) in [4.78, 5) is 4.69. The van der Waals surface area contributed by atoms with Crippen LogP contribution in [0.3, 0.4) is 0 Å². The Labute approximate surface area is 99.8 Å². The number of benzene rings is 1. The fraction of sp³-hybridized carbons (Fsp3) is 0.308. The van der Waals surface area contributed by atoms with Crippen LogP contribution >= 0.6 is 0 Å². The van der Waals surface area contributed by atoms with Crippen LogP contribution in [0.1, 0.15) is 24.5 Å². The maximum absolute atomic E-state index is 5.55. The predicted octanol–water partition coefficient (Wildman–Crippen LogP) is 2.41. The van der Waals surface area contributed by atoms with E-state index in [2.05, 4.69) is 11.5 Å². The van der Waals surface area contributed by atoms with Crippen LogP contribution in [0.25, 0.3) is 10.9 Å². The van der Waals surface area contributed by atoms with E-state index in [1.54, 1.807) is 7.11 Å². The molecule has 4 heteroatoms. The van der Waals surface area contributed by atoms with Crippen LogP contribution < -0.4 is 16.0 Å². The van der Waals surface area contributed by atoms with E-state index in [-0.39, 0.29) is 0 Å². The Morgan fingerprint density at radius 2 is 2.18 bits per heavy atom. The molecule has 88 valence electrons. The normalized spacial score (nSPS) is 14.9. The predicted molar refractivity (Wildman–Crippen MR) is 68.1 cm³/mol. The Bertz CT molecular complexity index is 564. The number of rotatable bonds is 3. The van der Waals surface area contributed by atoms with E-state index >= 15 is 0 Å². The van der Waals surface area contributed by atoms with E-state index in [1.807, 2.05) is 18.2 Å². The number of hydrogen-bond donors (Lipinski definition) is 2.